The summed E-state index contributed by atoms with van der Waals surface area (Å²) in [5.74, 6) is -0.308. The van der Waals surface area contributed by atoms with Crippen LogP contribution in [0.3, 0.4) is 0 Å². The summed E-state index contributed by atoms with van der Waals surface area (Å²) in [6.45, 7) is 1.45. The Morgan fingerprint density at radius 3 is 2.25 bits per heavy atom. The van der Waals surface area contributed by atoms with Crippen molar-refractivity contribution < 1.29 is 34.1 Å². The summed E-state index contributed by atoms with van der Waals surface area (Å²) in [4.78, 5) is 35.6. The number of aliphatic carboxylic acids is 1. The molecule has 2 amide bonds. The number of anilines is 2. The van der Waals surface area contributed by atoms with Crippen molar-refractivity contribution in [3.05, 3.63) is 89.5 Å². The van der Waals surface area contributed by atoms with E-state index >= 15 is 0 Å². The highest BCUT2D eigenvalue weighted by atomic mass is 32.2. The number of ether oxygens (including phenoxy) is 2. The van der Waals surface area contributed by atoms with Crippen LogP contribution in [0.1, 0.15) is 81.0 Å². The van der Waals surface area contributed by atoms with E-state index in [0.29, 0.717) is 37.1 Å². The maximum atomic E-state index is 12.6. The highest BCUT2D eigenvalue weighted by Gasteiger charge is 2.32. The first-order chi connectivity index (χ1) is 21.3. The number of carbonyl (C=O) groups excluding carboxylic acids is 2. The number of thioether (sulfide) groups is 1. The number of aliphatic hydroxyl groups excluding tert-OH is 1. The Hall–Kier alpha value is -3.70. The smallest absolute Gasteiger partial charge is 0.303 e. The molecule has 3 aromatic carbocycles. The van der Waals surface area contributed by atoms with Crippen LogP contribution in [0.4, 0.5) is 11.4 Å². The second-order valence-electron chi connectivity index (χ2n) is 10.8. The molecule has 4 N–H and O–H groups in total. The maximum absolute atomic E-state index is 12.6. The second kappa shape index (κ2) is 17.0. The molecular formula is C34H40N2O7S. The minimum atomic E-state index is -0.793. The van der Waals surface area contributed by atoms with Gasteiger partial charge in [-0.15, -0.1) is 11.8 Å². The maximum Gasteiger partial charge on any atom is 0.303 e. The predicted octanol–water partition coefficient (Wildman–Crippen LogP) is 6.84. The van der Waals surface area contributed by atoms with Gasteiger partial charge in [0.2, 0.25) is 11.8 Å². The number of unbranched alkanes of at least 4 members (excludes halogenated alkanes) is 3. The third-order valence-electron chi connectivity index (χ3n) is 7.21. The number of amides is 2. The highest BCUT2D eigenvalue weighted by molar-refractivity contribution is 7.99. The Balaban J connectivity index is 1.40. The molecule has 0 aliphatic carbocycles. The summed E-state index contributed by atoms with van der Waals surface area (Å²) in [6, 6.07) is 22.9. The lowest BCUT2D eigenvalue weighted by Crippen LogP contribution is -2.31. The van der Waals surface area contributed by atoms with Crippen LogP contribution in [0.15, 0.2) is 77.7 Å². The minimum Gasteiger partial charge on any atom is -0.481 e. The van der Waals surface area contributed by atoms with Gasteiger partial charge in [-0.2, -0.15) is 0 Å². The summed E-state index contributed by atoms with van der Waals surface area (Å²) in [5.41, 5.74) is 4.03. The first-order valence-electron chi connectivity index (χ1n) is 14.9. The van der Waals surface area contributed by atoms with Crippen molar-refractivity contribution in [1.82, 2.24) is 0 Å². The lowest BCUT2D eigenvalue weighted by molar-refractivity contribution is -0.245. The third-order valence-corrected chi connectivity index (χ3v) is 8.36. The van der Waals surface area contributed by atoms with Crippen molar-refractivity contribution in [2.45, 2.75) is 81.9 Å². The largest absolute Gasteiger partial charge is 0.481 e. The van der Waals surface area contributed by atoms with Crippen LogP contribution in [0.5, 0.6) is 0 Å². The van der Waals surface area contributed by atoms with Crippen molar-refractivity contribution in [3.8, 4) is 0 Å². The number of hydrogen-bond donors (Lipinski definition) is 4. The van der Waals surface area contributed by atoms with Gasteiger partial charge in [0.15, 0.2) is 6.29 Å². The van der Waals surface area contributed by atoms with Crippen LogP contribution in [0.2, 0.25) is 0 Å². The molecule has 4 rings (SSSR count). The van der Waals surface area contributed by atoms with E-state index in [9.17, 15) is 19.5 Å². The van der Waals surface area contributed by atoms with Gasteiger partial charge in [-0.05, 0) is 60.4 Å². The molecule has 3 atom stereocenters. The van der Waals surface area contributed by atoms with Crippen molar-refractivity contribution in [1.29, 1.82) is 0 Å². The second-order valence-corrected chi connectivity index (χ2v) is 11.9. The molecule has 1 saturated heterocycles. The molecule has 1 aliphatic heterocycles. The van der Waals surface area contributed by atoms with Crippen molar-refractivity contribution in [3.63, 3.8) is 0 Å². The molecule has 10 heteroatoms. The summed E-state index contributed by atoms with van der Waals surface area (Å²) >= 11 is 1.67. The lowest BCUT2D eigenvalue weighted by atomic mass is 10.0. The van der Waals surface area contributed by atoms with E-state index in [2.05, 4.69) is 10.6 Å². The number of hydrogen-bond acceptors (Lipinski definition) is 7. The molecule has 0 aromatic heterocycles. The number of carboxylic acid groups (broad SMARTS) is 1. The summed E-state index contributed by atoms with van der Waals surface area (Å²) in [7, 11) is 0. The molecule has 3 unspecified atom stereocenters. The zero-order valence-electron chi connectivity index (χ0n) is 24.9. The van der Waals surface area contributed by atoms with Crippen LogP contribution in [0.25, 0.3) is 0 Å². The van der Waals surface area contributed by atoms with Crippen molar-refractivity contribution in [2.24, 2.45) is 0 Å². The Morgan fingerprint density at radius 2 is 1.57 bits per heavy atom. The average molecular weight is 621 g/mol. The van der Waals surface area contributed by atoms with E-state index in [1.165, 1.54) is 6.92 Å². The van der Waals surface area contributed by atoms with E-state index in [1.54, 1.807) is 11.8 Å². The molecule has 9 nitrogen and oxygen atoms in total. The first-order valence-corrected chi connectivity index (χ1v) is 15.9. The zero-order valence-corrected chi connectivity index (χ0v) is 25.7. The fourth-order valence-electron chi connectivity index (χ4n) is 4.95. The number of carboxylic acids is 1. The Bertz CT molecular complexity index is 1380. The Morgan fingerprint density at radius 1 is 0.841 bits per heavy atom. The van der Waals surface area contributed by atoms with E-state index in [1.807, 2.05) is 72.8 Å². The number of nitrogens with one attached hydrogen (secondary N) is 2. The summed E-state index contributed by atoms with van der Waals surface area (Å²) in [6.07, 6.45) is 3.09. The molecule has 0 saturated carbocycles. The SMILES string of the molecule is CC(=O)Nc1ccc(SCC2CC(c3ccc(CO)cc3)OC(c3cccc(NC(=O)CCCCCCC(=O)O)c3)O2)cc1. The molecule has 0 radical (unpaired) electrons. The van der Waals surface area contributed by atoms with Crippen LogP contribution in [-0.4, -0.2) is 39.9 Å². The van der Waals surface area contributed by atoms with Crippen LogP contribution < -0.4 is 10.6 Å². The third kappa shape index (κ3) is 10.8. The van der Waals surface area contributed by atoms with Crippen molar-refractivity contribution in [2.75, 3.05) is 16.4 Å². The molecule has 44 heavy (non-hydrogen) atoms. The van der Waals surface area contributed by atoms with Gasteiger partial charge in [0, 0.05) is 53.8 Å². The molecule has 0 bridgehead atoms. The van der Waals surface area contributed by atoms with Gasteiger partial charge in [-0.25, -0.2) is 0 Å². The standard InChI is InChI=1S/C34H40N2O7S/c1-23(38)35-27-15-17-30(18-16-27)44-22-29-20-31(25-13-11-24(21-37)12-14-25)43-34(42-29)26-7-6-8-28(19-26)36-32(39)9-4-2-3-5-10-33(40)41/h6-8,11-19,29,31,34,37H,2-5,9-10,20-22H2,1H3,(H,35,38)(H,36,39)(H,40,41). The number of carbonyl (C=O) groups is 3. The van der Waals surface area contributed by atoms with Gasteiger partial charge in [-0.1, -0.05) is 49.2 Å². The molecule has 1 fully saturated rings. The number of rotatable bonds is 15. The quantitative estimate of drug-likeness (QED) is 0.107. The van der Waals surface area contributed by atoms with Gasteiger partial charge >= 0.3 is 5.97 Å². The number of benzene rings is 3. The predicted molar refractivity (Wildman–Crippen MR) is 170 cm³/mol. The van der Waals surface area contributed by atoms with Gasteiger partial charge in [0.05, 0.1) is 18.8 Å². The van der Waals surface area contributed by atoms with E-state index < -0.39 is 12.3 Å². The van der Waals surface area contributed by atoms with Gasteiger partial charge in [-0.3, -0.25) is 14.4 Å². The van der Waals surface area contributed by atoms with Crippen LogP contribution in [-0.2, 0) is 30.5 Å². The fraction of sp³-hybridized carbons (Fsp3) is 0.382. The first kappa shape index (κ1) is 33.2. The average Bonchev–Trinajstić information content (AvgIpc) is 3.02. The number of aliphatic hydroxyl groups is 1. The monoisotopic (exact) mass is 620 g/mol. The molecule has 0 spiro atoms. The van der Waals surface area contributed by atoms with E-state index in [4.69, 9.17) is 14.6 Å². The summed E-state index contributed by atoms with van der Waals surface area (Å²) in [5, 5.41) is 24.0. The Labute approximate surface area is 262 Å². The molecule has 1 aliphatic rings. The van der Waals surface area contributed by atoms with E-state index in [-0.39, 0.29) is 37.0 Å². The van der Waals surface area contributed by atoms with Crippen LogP contribution >= 0.6 is 11.8 Å². The Kier molecular flexibility index (Phi) is 12.8. The summed E-state index contributed by atoms with van der Waals surface area (Å²) < 4.78 is 12.9. The van der Waals surface area contributed by atoms with Crippen molar-refractivity contribution >= 4 is 40.9 Å². The fourth-order valence-corrected chi connectivity index (χ4v) is 5.87. The lowest BCUT2D eigenvalue weighted by Gasteiger charge is -2.36. The molecular weight excluding hydrogens is 580 g/mol. The molecule has 234 valence electrons. The van der Waals surface area contributed by atoms with E-state index in [0.717, 1.165) is 40.1 Å². The van der Waals surface area contributed by atoms with Crippen LogP contribution in [0, 0.1) is 0 Å². The minimum absolute atomic E-state index is 0.0270. The normalized spacial score (nSPS) is 18.0. The zero-order chi connectivity index (χ0) is 31.3. The van der Waals surface area contributed by atoms with Gasteiger partial charge in [0.1, 0.15) is 0 Å². The topological polar surface area (TPSA) is 134 Å². The van der Waals surface area contributed by atoms with Gasteiger partial charge < -0.3 is 30.3 Å². The molecule has 3 aromatic rings. The molecule has 1 heterocycles. The van der Waals surface area contributed by atoms with Gasteiger partial charge in [0.25, 0.3) is 0 Å². The highest BCUT2D eigenvalue weighted by Crippen LogP contribution is 2.40.